The summed E-state index contributed by atoms with van der Waals surface area (Å²) in [5.74, 6) is 0.103. The molecule has 1 N–H and O–H groups in total. The highest BCUT2D eigenvalue weighted by Gasteiger charge is 2.06. The number of hydrogen-bond acceptors (Lipinski definition) is 6. The van der Waals surface area contributed by atoms with Crippen LogP contribution >= 0.6 is 0 Å². The number of ether oxygens (including phenoxy) is 2. The first-order valence-electron chi connectivity index (χ1n) is 8.16. The van der Waals surface area contributed by atoms with E-state index in [-0.39, 0.29) is 5.57 Å². The Balaban J connectivity index is 2.02. The Labute approximate surface area is 157 Å². The van der Waals surface area contributed by atoms with Crippen LogP contribution in [0.25, 0.3) is 0 Å². The summed E-state index contributed by atoms with van der Waals surface area (Å²) in [5, 5.41) is 25.9. The molecular formula is C20H19N3O4. The minimum atomic E-state index is -0.940. The molecule has 7 nitrogen and oxygen atoms in total. The molecule has 0 unspecified atom stereocenters. The fourth-order valence-corrected chi connectivity index (χ4v) is 2.09. The molecule has 0 saturated heterocycles. The van der Waals surface area contributed by atoms with E-state index in [1.165, 1.54) is 14.0 Å². The van der Waals surface area contributed by atoms with Crippen molar-refractivity contribution >= 4 is 17.3 Å². The maximum absolute atomic E-state index is 10.7. The van der Waals surface area contributed by atoms with Crippen molar-refractivity contribution in [2.75, 3.05) is 13.7 Å². The fraction of sp³-hybridized carbons (Fsp3) is 0.200. The third-order valence-corrected chi connectivity index (χ3v) is 3.59. The van der Waals surface area contributed by atoms with E-state index < -0.39 is 5.97 Å². The van der Waals surface area contributed by atoms with Gasteiger partial charge < -0.3 is 14.6 Å². The summed E-state index contributed by atoms with van der Waals surface area (Å²) in [5.41, 5.74) is 2.06. The molecule has 2 rings (SSSR count). The monoisotopic (exact) mass is 365 g/mol. The lowest BCUT2D eigenvalue weighted by Crippen LogP contribution is -2.00. The predicted octanol–water partition coefficient (Wildman–Crippen LogP) is 4.78. The van der Waals surface area contributed by atoms with E-state index in [0.717, 1.165) is 0 Å². The van der Waals surface area contributed by atoms with Crippen LogP contribution in [0.15, 0.2) is 64.3 Å². The lowest BCUT2D eigenvalue weighted by atomic mass is 10.2. The highest BCUT2D eigenvalue weighted by Crippen LogP contribution is 2.32. The van der Waals surface area contributed by atoms with Crippen molar-refractivity contribution in [3.05, 3.63) is 59.7 Å². The number of methoxy groups -OCH3 is 1. The number of carbonyl (C=O) groups is 1. The summed E-state index contributed by atoms with van der Waals surface area (Å²) < 4.78 is 10.9. The highest BCUT2D eigenvalue weighted by atomic mass is 16.5. The van der Waals surface area contributed by atoms with Crippen molar-refractivity contribution in [2.24, 2.45) is 10.2 Å². The Morgan fingerprint density at radius 1 is 1.15 bits per heavy atom. The Morgan fingerprint density at radius 2 is 1.81 bits per heavy atom. The molecule has 0 aliphatic carbocycles. The van der Waals surface area contributed by atoms with Gasteiger partial charge in [-0.05, 0) is 43.3 Å². The van der Waals surface area contributed by atoms with Crippen molar-refractivity contribution in [3.63, 3.8) is 0 Å². The molecule has 0 saturated carbocycles. The van der Waals surface area contributed by atoms with E-state index in [1.807, 2.05) is 6.07 Å². The SMILES string of the molecule is COc1cc(N=Nc2ccc(C#N)cc2)ccc1OCCC=C(C)C(=O)O. The minimum Gasteiger partial charge on any atom is -0.493 e. The van der Waals surface area contributed by atoms with Gasteiger partial charge in [-0.1, -0.05) is 6.08 Å². The number of rotatable bonds is 8. The molecule has 0 aromatic heterocycles. The average Bonchev–Trinajstić information content (AvgIpc) is 2.70. The van der Waals surface area contributed by atoms with Gasteiger partial charge in [0.25, 0.3) is 0 Å². The van der Waals surface area contributed by atoms with Crippen molar-refractivity contribution in [1.82, 2.24) is 0 Å². The zero-order valence-corrected chi connectivity index (χ0v) is 15.0. The first-order valence-corrected chi connectivity index (χ1v) is 8.16. The van der Waals surface area contributed by atoms with Gasteiger partial charge >= 0.3 is 5.97 Å². The topological polar surface area (TPSA) is 104 Å². The van der Waals surface area contributed by atoms with Crippen LogP contribution in [0, 0.1) is 11.3 Å². The Morgan fingerprint density at radius 3 is 2.44 bits per heavy atom. The number of carboxylic acid groups (broad SMARTS) is 1. The second-order valence-electron chi connectivity index (χ2n) is 5.52. The van der Waals surface area contributed by atoms with E-state index in [1.54, 1.807) is 48.5 Å². The summed E-state index contributed by atoms with van der Waals surface area (Å²) in [7, 11) is 1.53. The quantitative estimate of drug-likeness (QED) is 0.412. The summed E-state index contributed by atoms with van der Waals surface area (Å²) in [6, 6.07) is 14.0. The third-order valence-electron chi connectivity index (χ3n) is 3.59. The summed E-state index contributed by atoms with van der Waals surface area (Å²) in [6.07, 6.45) is 2.08. The van der Waals surface area contributed by atoms with E-state index in [0.29, 0.717) is 41.5 Å². The third kappa shape index (κ3) is 5.97. The van der Waals surface area contributed by atoms with Crippen molar-refractivity contribution in [2.45, 2.75) is 13.3 Å². The number of carboxylic acids is 1. The van der Waals surface area contributed by atoms with E-state index in [9.17, 15) is 4.79 Å². The largest absolute Gasteiger partial charge is 0.493 e. The molecule has 2 aromatic carbocycles. The van der Waals surface area contributed by atoms with Crippen LogP contribution in [0.1, 0.15) is 18.9 Å². The van der Waals surface area contributed by atoms with Gasteiger partial charge in [0.2, 0.25) is 0 Å². The minimum absolute atomic E-state index is 0.282. The number of benzene rings is 2. The van der Waals surface area contributed by atoms with Crippen LogP contribution in [-0.4, -0.2) is 24.8 Å². The van der Waals surface area contributed by atoms with Crippen LogP contribution in [0.4, 0.5) is 11.4 Å². The van der Waals surface area contributed by atoms with Gasteiger partial charge in [0.1, 0.15) is 0 Å². The molecule has 0 fully saturated rings. The molecule has 0 heterocycles. The average molecular weight is 365 g/mol. The molecule has 0 amide bonds. The number of nitrogens with zero attached hydrogens (tertiary/aromatic N) is 3. The molecule has 0 bridgehead atoms. The van der Waals surface area contributed by atoms with Crippen LogP contribution in [0.3, 0.4) is 0 Å². The summed E-state index contributed by atoms with van der Waals surface area (Å²) in [4.78, 5) is 10.7. The van der Waals surface area contributed by atoms with Gasteiger partial charge in [0, 0.05) is 18.1 Å². The van der Waals surface area contributed by atoms with Gasteiger partial charge in [-0.15, -0.1) is 0 Å². The number of azo groups is 1. The first-order chi connectivity index (χ1) is 13.0. The van der Waals surface area contributed by atoms with Gasteiger partial charge in [-0.3, -0.25) is 0 Å². The number of aliphatic carboxylic acids is 1. The first kappa shape index (κ1) is 19.7. The Hall–Kier alpha value is -3.66. The van der Waals surface area contributed by atoms with Crippen LogP contribution in [0.2, 0.25) is 0 Å². The predicted molar refractivity (Wildman–Crippen MR) is 99.8 cm³/mol. The molecule has 0 spiro atoms. The lowest BCUT2D eigenvalue weighted by molar-refractivity contribution is -0.132. The molecule has 138 valence electrons. The number of hydrogen-bond donors (Lipinski definition) is 1. The van der Waals surface area contributed by atoms with Crippen molar-refractivity contribution < 1.29 is 19.4 Å². The second-order valence-corrected chi connectivity index (χ2v) is 5.52. The smallest absolute Gasteiger partial charge is 0.330 e. The maximum atomic E-state index is 10.7. The zero-order valence-electron chi connectivity index (χ0n) is 15.0. The van der Waals surface area contributed by atoms with Gasteiger partial charge in [-0.25, -0.2) is 4.79 Å². The molecule has 2 aromatic rings. The van der Waals surface area contributed by atoms with E-state index in [4.69, 9.17) is 19.8 Å². The highest BCUT2D eigenvalue weighted by molar-refractivity contribution is 5.85. The van der Waals surface area contributed by atoms with Crippen LogP contribution in [0.5, 0.6) is 11.5 Å². The Bertz CT molecular complexity index is 896. The number of nitriles is 1. The molecule has 0 aliphatic heterocycles. The van der Waals surface area contributed by atoms with E-state index in [2.05, 4.69) is 10.2 Å². The van der Waals surface area contributed by atoms with Gasteiger partial charge in [0.05, 0.1) is 36.7 Å². The molecule has 7 heteroatoms. The second kappa shape index (κ2) is 9.73. The molecular weight excluding hydrogens is 346 g/mol. The lowest BCUT2D eigenvalue weighted by Gasteiger charge is -2.10. The molecule has 27 heavy (non-hydrogen) atoms. The summed E-state index contributed by atoms with van der Waals surface area (Å²) in [6.45, 7) is 1.86. The van der Waals surface area contributed by atoms with Crippen molar-refractivity contribution in [3.8, 4) is 17.6 Å². The molecule has 0 radical (unpaired) electrons. The zero-order chi connectivity index (χ0) is 19.6. The Kier molecular flexibility index (Phi) is 7.08. The summed E-state index contributed by atoms with van der Waals surface area (Å²) >= 11 is 0. The van der Waals surface area contributed by atoms with E-state index >= 15 is 0 Å². The molecule has 0 atom stereocenters. The fourth-order valence-electron chi connectivity index (χ4n) is 2.09. The van der Waals surface area contributed by atoms with Gasteiger partial charge in [0.15, 0.2) is 11.5 Å². The standard InChI is InChI=1S/C20H19N3O4/c1-14(20(24)25)4-3-11-27-18-10-9-17(12-19(18)26-2)23-22-16-7-5-15(13-21)6-8-16/h4-10,12H,3,11H2,1-2H3,(H,24,25). The normalized spacial score (nSPS) is 11.2. The van der Waals surface area contributed by atoms with Crippen LogP contribution < -0.4 is 9.47 Å². The molecule has 0 aliphatic rings. The van der Waals surface area contributed by atoms with Gasteiger partial charge in [-0.2, -0.15) is 15.5 Å². The maximum Gasteiger partial charge on any atom is 0.330 e. The van der Waals surface area contributed by atoms with Crippen molar-refractivity contribution in [1.29, 1.82) is 5.26 Å². The van der Waals surface area contributed by atoms with Crippen LogP contribution in [-0.2, 0) is 4.79 Å².